The number of rotatable bonds is 6. The van der Waals surface area contributed by atoms with Crippen molar-refractivity contribution < 1.29 is 14.7 Å². The van der Waals surface area contributed by atoms with E-state index in [0.717, 1.165) is 25.0 Å². The van der Waals surface area contributed by atoms with Gasteiger partial charge in [0, 0.05) is 17.8 Å². The van der Waals surface area contributed by atoms with Crippen LogP contribution >= 0.6 is 11.8 Å². The monoisotopic (exact) mass is 260 g/mol. The second-order valence-corrected chi connectivity index (χ2v) is 5.71. The molecule has 0 aromatic rings. The SMILES string of the molecule is CCSC1CCC(NC(=O)NCCC(=O)O)C1. The first-order chi connectivity index (χ1) is 8.11. The zero-order valence-electron chi connectivity index (χ0n) is 10.1. The molecule has 0 spiro atoms. The first kappa shape index (κ1) is 14.2. The number of urea groups is 1. The highest BCUT2D eigenvalue weighted by molar-refractivity contribution is 7.99. The predicted molar refractivity (Wildman–Crippen MR) is 68.3 cm³/mol. The third kappa shape index (κ3) is 5.81. The molecule has 1 aliphatic rings. The molecule has 1 aliphatic carbocycles. The molecule has 98 valence electrons. The van der Waals surface area contributed by atoms with Crippen molar-refractivity contribution in [2.75, 3.05) is 12.3 Å². The fraction of sp³-hybridized carbons (Fsp3) is 0.818. The summed E-state index contributed by atoms with van der Waals surface area (Å²) in [5.74, 6) is 0.216. The largest absolute Gasteiger partial charge is 0.481 e. The van der Waals surface area contributed by atoms with Crippen LogP contribution in [0.3, 0.4) is 0 Å². The Balaban J connectivity index is 2.13. The fourth-order valence-electron chi connectivity index (χ4n) is 1.98. The van der Waals surface area contributed by atoms with Crippen molar-refractivity contribution in [3.05, 3.63) is 0 Å². The molecule has 2 atom stereocenters. The Kier molecular flexibility index (Phi) is 6.18. The van der Waals surface area contributed by atoms with E-state index in [4.69, 9.17) is 5.11 Å². The molecule has 0 aromatic heterocycles. The molecule has 0 bridgehead atoms. The number of carboxylic acids is 1. The number of carbonyl (C=O) groups is 2. The van der Waals surface area contributed by atoms with Crippen LogP contribution in [-0.4, -0.2) is 40.7 Å². The van der Waals surface area contributed by atoms with E-state index in [9.17, 15) is 9.59 Å². The van der Waals surface area contributed by atoms with Crippen LogP contribution in [-0.2, 0) is 4.79 Å². The topological polar surface area (TPSA) is 78.4 Å². The second-order valence-electron chi connectivity index (χ2n) is 4.13. The predicted octanol–water partition coefficient (Wildman–Crippen LogP) is 1.43. The van der Waals surface area contributed by atoms with E-state index in [1.165, 1.54) is 0 Å². The van der Waals surface area contributed by atoms with E-state index in [0.29, 0.717) is 5.25 Å². The molecule has 5 nitrogen and oxygen atoms in total. The van der Waals surface area contributed by atoms with Gasteiger partial charge >= 0.3 is 12.0 Å². The zero-order chi connectivity index (χ0) is 12.7. The average molecular weight is 260 g/mol. The van der Waals surface area contributed by atoms with Crippen molar-refractivity contribution in [3.8, 4) is 0 Å². The minimum Gasteiger partial charge on any atom is -0.481 e. The molecule has 2 amide bonds. The van der Waals surface area contributed by atoms with Crippen molar-refractivity contribution in [2.45, 2.75) is 43.9 Å². The summed E-state index contributed by atoms with van der Waals surface area (Å²) < 4.78 is 0. The lowest BCUT2D eigenvalue weighted by atomic mass is 10.2. The van der Waals surface area contributed by atoms with Crippen LogP contribution in [0.1, 0.15) is 32.6 Å². The fourth-order valence-corrected chi connectivity index (χ4v) is 3.12. The van der Waals surface area contributed by atoms with Crippen LogP contribution in [0, 0.1) is 0 Å². The van der Waals surface area contributed by atoms with Crippen molar-refractivity contribution in [2.24, 2.45) is 0 Å². The van der Waals surface area contributed by atoms with Gasteiger partial charge in [0.05, 0.1) is 6.42 Å². The number of amides is 2. The van der Waals surface area contributed by atoms with E-state index < -0.39 is 5.97 Å². The molecular formula is C11H20N2O3S. The highest BCUT2D eigenvalue weighted by atomic mass is 32.2. The van der Waals surface area contributed by atoms with Gasteiger partial charge in [-0.3, -0.25) is 4.79 Å². The van der Waals surface area contributed by atoms with Gasteiger partial charge in [-0.1, -0.05) is 6.92 Å². The third-order valence-corrected chi connectivity index (χ3v) is 3.98. The van der Waals surface area contributed by atoms with Gasteiger partial charge in [-0.05, 0) is 25.0 Å². The van der Waals surface area contributed by atoms with Crippen LogP contribution in [0.25, 0.3) is 0 Å². The van der Waals surface area contributed by atoms with Crippen LogP contribution in [0.5, 0.6) is 0 Å². The van der Waals surface area contributed by atoms with Gasteiger partial charge in [-0.15, -0.1) is 0 Å². The third-order valence-electron chi connectivity index (χ3n) is 2.75. The summed E-state index contributed by atoms with van der Waals surface area (Å²) in [6.45, 7) is 2.32. The first-order valence-corrected chi connectivity index (χ1v) is 7.04. The van der Waals surface area contributed by atoms with Crippen LogP contribution in [0.4, 0.5) is 4.79 Å². The Morgan fingerprint density at radius 3 is 2.82 bits per heavy atom. The smallest absolute Gasteiger partial charge is 0.315 e. The lowest BCUT2D eigenvalue weighted by molar-refractivity contribution is -0.136. The molecule has 0 heterocycles. The lowest BCUT2D eigenvalue weighted by Gasteiger charge is -2.13. The van der Waals surface area contributed by atoms with Crippen molar-refractivity contribution in [3.63, 3.8) is 0 Å². The molecule has 17 heavy (non-hydrogen) atoms. The summed E-state index contributed by atoms with van der Waals surface area (Å²) in [5, 5.41) is 14.5. The number of nitrogens with one attached hydrogen (secondary N) is 2. The molecular weight excluding hydrogens is 240 g/mol. The minimum absolute atomic E-state index is 0.0353. The molecule has 1 rings (SSSR count). The van der Waals surface area contributed by atoms with Gasteiger partial charge in [-0.2, -0.15) is 11.8 Å². The van der Waals surface area contributed by atoms with Gasteiger partial charge in [0.15, 0.2) is 0 Å². The maximum absolute atomic E-state index is 11.4. The lowest BCUT2D eigenvalue weighted by Crippen LogP contribution is -2.41. The van der Waals surface area contributed by atoms with Crippen molar-refractivity contribution in [1.82, 2.24) is 10.6 Å². The normalized spacial score (nSPS) is 23.4. The number of hydrogen-bond donors (Lipinski definition) is 3. The zero-order valence-corrected chi connectivity index (χ0v) is 10.9. The summed E-state index contributed by atoms with van der Waals surface area (Å²) in [5.41, 5.74) is 0. The summed E-state index contributed by atoms with van der Waals surface area (Å²) in [4.78, 5) is 21.7. The summed E-state index contributed by atoms with van der Waals surface area (Å²) >= 11 is 1.94. The summed E-state index contributed by atoms with van der Waals surface area (Å²) in [6.07, 6.45) is 3.15. The van der Waals surface area contributed by atoms with E-state index in [1.807, 2.05) is 11.8 Å². The molecule has 0 aromatic carbocycles. The number of hydrogen-bond acceptors (Lipinski definition) is 3. The second kappa shape index (κ2) is 7.42. The highest BCUT2D eigenvalue weighted by Gasteiger charge is 2.25. The Labute approximate surface area is 106 Å². The molecule has 0 aliphatic heterocycles. The van der Waals surface area contributed by atoms with Gasteiger partial charge < -0.3 is 15.7 Å². The Morgan fingerprint density at radius 2 is 2.18 bits per heavy atom. The van der Waals surface area contributed by atoms with E-state index in [-0.39, 0.29) is 25.0 Å². The highest BCUT2D eigenvalue weighted by Crippen LogP contribution is 2.29. The van der Waals surface area contributed by atoms with Gasteiger partial charge in [0.2, 0.25) is 0 Å². The maximum atomic E-state index is 11.4. The number of aliphatic carboxylic acids is 1. The summed E-state index contributed by atoms with van der Waals surface area (Å²) in [6, 6.07) is -0.0118. The van der Waals surface area contributed by atoms with E-state index in [1.54, 1.807) is 0 Å². The van der Waals surface area contributed by atoms with Gasteiger partial charge in [0.25, 0.3) is 0 Å². The molecule has 3 N–H and O–H groups in total. The summed E-state index contributed by atoms with van der Waals surface area (Å²) in [7, 11) is 0. The van der Waals surface area contributed by atoms with E-state index >= 15 is 0 Å². The molecule has 6 heteroatoms. The minimum atomic E-state index is -0.898. The Morgan fingerprint density at radius 1 is 1.41 bits per heavy atom. The van der Waals surface area contributed by atoms with Gasteiger partial charge in [0.1, 0.15) is 0 Å². The van der Waals surface area contributed by atoms with E-state index in [2.05, 4.69) is 17.6 Å². The van der Waals surface area contributed by atoms with Crippen LogP contribution in [0.2, 0.25) is 0 Å². The maximum Gasteiger partial charge on any atom is 0.315 e. The first-order valence-electron chi connectivity index (χ1n) is 5.99. The quantitative estimate of drug-likeness (QED) is 0.675. The molecule has 0 radical (unpaired) electrons. The van der Waals surface area contributed by atoms with Gasteiger partial charge in [-0.25, -0.2) is 4.79 Å². The van der Waals surface area contributed by atoms with Crippen molar-refractivity contribution in [1.29, 1.82) is 0 Å². The molecule has 0 saturated heterocycles. The number of carboxylic acid groups (broad SMARTS) is 1. The average Bonchev–Trinajstić information content (AvgIpc) is 2.65. The Bertz CT molecular complexity index is 273. The molecule has 1 saturated carbocycles. The molecule has 2 unspecified atom stereocenters. The number of carbonyl (C=O) groups excluding carboxylic acids is 1. The van der Waals surface area contributed by atoms with Crippen LogP contribution < -0.4 is 10.6 Å². The van der Waals surface area contributed by atoms with Crippen LogP contribution in [0.15, 0.2) is 0 Å². The molecule has 1 fully saturated rings. The number of thioether (sulfide) groups is 1. The standard InChI is InChI=1S/C11H20N2O3S/c1-2-17-9-4-3-8(7-9)13-11(16)12-6-5-10(14)15/h8-9H,2-7H2,1H3,(H,14,15)(H2,12,13,16). The van der Waals surface area contributed by atoms with Crippen molar-refractivity contribution >= 4 is 23.8 Å². The Hall–Kier alpha value is -0.910.